The molecule has 0 radical (unpaired) electrons. The molecule has 5 nitrogen and oxygen atoms in total. The van der Waals surface area contributed by atoms with Gasteiger partial charge in [0.25, 0.3) is 0 Å². The average Bonchev–Trinajstić information content (AvgIpc) is 2.58. The number of nitrogens with one attached hydrogen (secondary N) is 2. The predicted octanol–water partition coefficient (Wildman–Crippen LogP) is 4.49. The van der Waals surface area contributed by atoms with E-state index in [4.69, 9.17) is 16.9 Å². The van der Waals surface area contributed by atoms with Gasteiger partial charge in [-0.1, -0.05) is 35.9 Å². The van der Waals surface area contributed by atoms with Crippen LogP contribution in [0.25, 0.3) is 0 Å². The van der Waals surface area contributed by atoms with Gasteiger partial charge >= 0.3 is 0 Å². The monoisotopic (exact) mass is 321 g/mol. The minimum Gasteiger partial charge on any atom is -0.339 e. The molecule has 2 aromatic carbocycles. The zero-order valence-electron chi connectivity index (χ0n) is 12.0. The van der Waals surface area contributed by atoms with Crippen molar-refractivity contribution >= 4 is 34.7 Å². The molecule has 1 heterocycles. The van der Waals surface area contributed by atoms with E-state index in [0.29, 0.717) is 28.0 Å². The standard InChI is InChI=1S/C17H12ClN5/c18-13-6-2-4-8-15(13)22-17-20-10-9-16(23-17)21-14-7-3-1-5-12(14)11-19/h1-10H,(H2,20,21,22,23). The largest absolute Gasteiger partial charge is 0.339 e. The van der Waals surface area contributed by atoms with Crippen molar-refractivity contribution in [2.24, 2.45) is 0 Å². The number of nitrogens with zero attached hydrogens (tertiary/aromatic N) is 3. The molecule has 0 unspecified atom stereocenters. The Morgan fingerprint density at radius 2 is 1.65 bits per heavy atom. The van der Waals surface area contributed by atoms with Gasteiger partial charge in [-0.15, -0.1) is 0 Å². The van der Waals surface area contributed by atoms with Crippen LogP contribution in [0.2, 0.25) is 5.02 Å². The second-order valence-corrected chi connectivity index (χ2v) is 5.06. The van der Waals surface area contributed by atoms with Crippen LogP contribution < -0.4 is 10.6 Å². The minimum atomic E-state index is 0.414. The second-order valence-electron chi connectivity index (χ2n) is 4.65. The topological polar surface area (TPSA) is 73.6 Å². The van der Waals surface area contributed by atoms with Gasteiger partial charge in [0.2, 0.25) is 5.95 Å². The summed E-state index contributed by atoms with van der Waals surface area (Å²) in [5.41, 5.74) is 1.97. The first-order valence-corrected chi connectivity index (χ1v) is 7.25. The molecule has 3 aromatic rings. The van der Waals surface area contributed by atoms with Crippen molar-refractivity contribution in [1.82, 2.24) is 9.97 Å². The Morgan fingerprint density at radius 3 is 2.43 bits per heavy atom. The lowest BCUT2D eigenvalue weighted by Gasteiger charge is -2.10. The van der Waals surface area contributed by atoms with Crippen molar-refractivity contribution in [2.45, 2.75) is 0 Å². The van der Waals surface area contributed by atoms with Crippen LogP contribution in [0.1, 0.15) is 5.56 Å². The van der Waals surface area contributed by atoms with Crippen LogP contribution in [0.3, 0.4) is 0 Å². The van der Waals surface area contributed by atoms with Crippen molar-refractivity contribution in [3.63, 3.8) is 0 Å². The zero-order chi connectivity index (χ0) is 16.1. The number of aromatic nitrogens is 2. The van der Waals surface area contributed by atoms with Crippen molar-refractivity contribution in [2.75, 3.05) is 10.6 Å². The number of nitriles is 1. The molecule has 0 saturated carbocycles. The molecule has 0 bridgehead atoms. The number of halogens is 1. The Hall–Kier alpha value is -3.10. The first-order chi connectivity index (χ1) is 11.3. The van der Waals surface area contributed by atoms with E-state index in [1.54, 1.807) is 24.4 Å². The van der Waals surface area contributed by atoms with Crippen molar-refractivity contribution < 1.29 is 0 Å². The van der Waals surface area contributed by atoms with E-state index in [0.717, 1.165) is 5.69 Å². The summed E-state index contributed by atoms with van der Waals surface area (Å²) in [6, 6.07) is 18.5. The van der Waals surface area contributed by atoms with Crippen molar-refractivity contribution in [3.8, 4) is 6.07 Å². The van der Waals surface area contributed by atoms with Gasteiger partial charge in [-0.25, -0.2) is 4.98 Å². The molecule has 0 aliphatic carbocycles. The van der Waals surface area contributed by atoms with E-state index in [1.807, 2.05) is 36.4 Å². The number of hydrogen-bond donors (Lipinski definition) is 2. The van der Waals surface area contributed by atoms with Gasteiger partial charge in [0, 0.05) is 6.20 Å². The summed E-state index contributed by atoms with van der Waals surface area (Å²) in [5.74, 6) is 0.995. The van der Waals surface area contributed by atoms with Gasteiger partial charge in [0.1, 0.15) is 11.9 Å². The maximum atomic E-state index is 9.13. The highest BCUT2D eigenvalue weighted by Crippen LogP contribution is 2.24. The summed E-state index contributed by atoms with van der Waals surface area (Å²) in [4.78, 5) is 8.55. The fourth-order valence-corrected chi connectivity index (χ4v) is 2.18. The molecule has 0 fully saturated rings. The molecule has 23 heavy (non-hydrogen) atoms. The summed E-state index contributed by atoms with van der Waals surface area (Å²) >= 11 is 6.11. The van der Waals surface area contributed by atoms with Crippen molar-refractivity contribution in [1.29, 1.82) is 5.26 Å². The van der Waals surface area contributed by atoms with Crippen LogP contribution >= 0.6 is 11.6 Å². The molecule has 0 spiro atoms. The molecule has 112 valence electrons. The molecule has 0 aliphatic rings. The van der Waals surface area contributed by atoms with E-state index >= 15 is 0 Å². The van der Waals surface area contributed by atoms with Gasteiger partial charge in [0.05, 0.1) is 22.0 Å². The number of hydrogen-bond acceptors (Lipinski definition) is 5. The fraction of sp³-hybridized carbons (Fsp3) is 0. The third-order valence-corrected chi connectivity index (χ3v) is 3.42. The maximum Gasteiger partial charge on any atom is 0.229 e. The molecule has 0 saturated heterocycles. The van der Waals surface area contributed by atoms with Crippen LogP contribution in [0.5, 0.6) is 0 Å². The fourth-order valence-electron chi connectivity index (χ4n) is 2.00. The molecule has 1 aromatic heterocycles. The number of rotatable bonds is 4. The summed E-state index contributed by atoms with van der Waals surface area (Å²) in [6.07, 6.45) is 1.63. The van der Waals surface area contributed by atoms with Crippen molar-refractivity contribution in [3.05, 3.63) is 71.4 Å². The molecule has 2 N–H and O–H groups in total. The van der Waals surface area contributed by atoms with Crippen LogP contribution in [-0.2, 0) is 0 Å². The molecule has 6 heteroatoms. The van der Waals surface area contributed by atoms with E-state index in [-0.39, 0.29) is 0 Å². The van der Waals surface area contributed by atoms with Crippen LogP contribution in [0, 0.1) is 11.3 Å². The lowest BCUT2D eigenvalue weighted by atomic mass is 10.2. The highest BCUT2D eigenvalue weighted by atomic mass is 35.5. The molecule has 0 atom stereocenters. The predicted molar refractivity (Wildman–Crippen MR) is 91.2 cm³/mol. The first kappa shape index (κ1) is 14.8. The quantitative estimate of drug-likeness (QED) is 0.740. The van der Waals surface area contributed by atoms with Gasteiger partial charge in [-0.05, 0) is 30.3 Å². The zero-order valence-corrected chi connectivity index (χ0v) is 12.7. The smallest absolute Gasteiger partial charge is 0.229 e. The Labute approximate surface area is 138 Å². The van der Waals surface area contributed by atoms with Gasteiger partial charge in [-0.3, -0.25) is 0 Å². The highest BCUT2D eigenvalue weighted by Gasteiger charge is 2.05. The van der Waals surface area contributed by atoms with Gasteiger partial charge in [0.15, 0.2) is 0 Å². The van der Waals surface area contributed by atoms with E-state index < -0.39 is 0 Å². The lowest BCUT2D eigenvalue weighted by Crippen LogP contribution is -2.01. The first-order valence-electron chi connectivity index (χ1n) is 6.87. The van der Waals surface area contributed by atoms with Crippen LogP contribution in [0.15, 0.2) is 60.8 Å². The molecular formula is C17H12ClN5. The second kappa shape index (κ2) is 6.77. The Balaban J connectivity index is 1.83. The van der Waals surface area contributed by atoms with E-state index in [1.165, 1.54) is 0 Å². The maximum absolute atomic E-state index is 9.13. The average molecular weight is 322 g/mol. The normalized spacial score (nSPS) is 9.91. The lowest BCUT2D eigenvalue weighted by molar-refractivity contribution is 1.16. The SMILES string of the molecule is N#Cc1ccccc1Nc1ccnc(Nc2ccccc2Cl)n1. The van der Waals surface area contributed by atoms with E-state index in [2.05, 4.69) is 26.7 Å². The number of para-hydroxylation sites is 2. The van der Waals surface area contributed by atoms with E-state index in [9.17, 15) is 0 Å². The van der Waals surface area contributed by atoms with Gasteiger partial charge < -0.3 is 10.6 Å². The molecule has 0 amide bonds. The van der Waals surface area contributed by atoms with Crippen LogP contribution in [0.4, 0.5) is 23.1 Å². The summed E-state index contributed by atoms with van der Waals surface area (Å²) in [6.45, 7) is 0. The molecule has 3 rings (SSSR count). The third-order valence-electron chi connectivity index (χ3n) is 3.09. The Kier molecular flexibility index (Phi) is 4.37. The van der Waals surface area contributed by atoms with Gasteiger partial charge in [-0.2, -0.15) is 10.2 Å². The highest BCUT2D eigenvalue weighted by molar-refractivity contribution is 6.33. The Bertz CT molecular complexity index is 873. The van der Waals surface area contributed by atoms with Crippen LogP contribution in [-0.4, -0.2) is 9.97 Å². The Morgan fingerprint density at radius 1 is 0.913 bits per heavy atom. The third kappa shape index (κ3) is 3.57. The molecular weight excluding hydrogens is 310 g/mol. The molecule has 0 aliphatic heterocycles. The summed E-state index contributed by atoms with van der Waals surface area (Å²) in [7, 11) is 0. The number of anilines is 4. The number of benzene rings is 2. The minimum absolute atomic E-state index is 0.414. The summed E-state index contributed by atoms with van der Waals surface area (Å²) in [5, 5.41) is 15.9. The summed E-state index contributed by atoms with van der Waals surface area (Å²) < 4.78 is 0.